The average molecular weight is 299 g/mol. The van der Waals surface area contributed by atoms with Crippen molar-refractivity contribution >= 4 is 17.4 Å². The molecule has 0 radical (unpaired) electrons. The molecule has 0 aliphatic carbocycles. The molecule has 22 heavy (non-hydrogen) atoms. The molecule has 5 nitrogen and oxygen atoms in total. The number of pyridine rings is 1. The molecule has 0 atom stereocenters. The second-order valence-corrected chi connectivity index (χ2v) is 4.89. The van der Waals surface area contributed by atoms with Crippen molar-refractivity contribution < 1.29 is 9.90 Å². The van der Waals surface area contributed by atoms with Crippen molar-refractivity contribution in [2.45, 2.75) is 20.5 Å². The number of carbonyl (C=O) groups is 1. The van der Waals surface area contributed by atoms with Gasteiger partial charge in [-0.2, -0.15) is 0 Å². The van der Waals surface area contributed by atoms with Crippen molar-refractivity contribution in [2.24, 2.45) is 0 Å². The lowest BCUT2D eigenvalue weighted by Crippen LogP contribution is -2.23. The van der Waals surface area contributed by atoms with Crippen molar-refractivity contribution in [3.8, 4) is 0 Å². The smallest absolute Gasteiger partial charge is 0.257 e. The number of rotatable bonds is 6. The maximum absolute atomic E-state index is 12.2. The highest BCUT2D eigenvalue weighted by Gasteiger charge is 2.09. The van der Waals surface area contributed by atoms with Gasteiger partial charge in [0.15, 0.2) is 0 Å². The number of nitrogens with zero attached hydrogens (tertiary/aromatic N) is 2. The van der Waals surface area contributed by atoms with E-state index < -0.39 is 0 Å². The predicted octanol–water partition coefficient (Wildman–Crippen LogP) is 2.67. The van der Waals surface area contributed by atoms with Crippen LogP contribution in [0.4, 0.5) is 11.5 Å². The summed E-state index contributed by atoms with van der Waals surface area (Å²) in [5.74, 6) is 0.650. The molecule has 2 N–H and O–H groups in total. The number of benzene rings is 1. The van der Waals surface area contributed by atoms with Gasteiger partial charge in [0, 0.05) is 25.0 Å². The van der Waals surface area contributed by atoms with E-state index in [1.165, 1.54) is 0 Å². The van der Waals surface area contributed by atoms with Gasteiger partial charge in [-0.05, 0) is 43.7 Å². The predicted molar refractivity (Wildman–Crippen MR) is 88.1 cm³/mol. The van der Waals surface area contributed by atoms with E-state index >= 15 is 0 Å². The van der Waals surface area contributed by atoms with Gasteiger partial charge in [0.05, 0.1) is 12.2 Å². The third-order valence-corrected chi connectivity index (χ3v) is 3.46. The summed E-state index contributed by atoms with van der Waals surface area (Å²) < 4.78 is 0. The highest BCUT2D eigenvalue weighted by atomic mass is 16.3. The SMILES string of the molecule is CCN(CC)c1ccc(C(=O)Nc2cccc(CO)c2)cn1. The van der Waals surface area contributed by atoms with E-state index in [1.807, 2.05) is 6.07 Å². The Labute approximate surface area is 130 Å². The second kappa shape index (κ2) is 7.56. The van der Waals surface area contributed by atoms with Gasteiger partial charge in [-0.15, -0.1) is 0 Å². The Kier molecular flexibility index (Phi) is 5.49. The van der Waals surface area contributed by atoms with Crippen molar-refractivity contribution in [1.29, 1.82) is 0 Å². The minimum Gasteiger partial charge on any atom is -0.392 e. The fraction of sp³-hybridized carbons (Fsp3) is 0.294. The van der Waals surface area contributed by atoms with Crippen molar-refractivity contribution in [1.82, 2.24) is 4.98 Å². The highest BCUT2D eigenvalue weighted by Crippen LogP contribution is 2.14. The molecule has 0 saturated carbocycles. The highest BCUT2D eigenvalue weighted by molar-refractivity contribution is 6.04. The molecule has 1 amide bonds. The van der Waals surface area contributed by atoms with E-state index in [2.05, 4.69) is 29.0 Å². The van der Waals surface area contributed by atoms with E-state index in [0.717, 1.165) is 24.5 Å². The molecule has 0 saturated heterocycles. The van der Waals surface area contributed by atoms with Gasteiger partial charge < -0.3 is 15.3 Å². The van der Waals surface area contributed by atoms with E-state index in [0.29, 0.717) is 11.3 Å². The molecule has 1 aromatic carbocycles. The fourth-order valence-corrected chi connectivity index (χ4v) is 2.21. The van der Waals surface area contributed by atoms with Crippen LogP contribution in [0.1, 0.15) is 29.8 Å². The van der Waals surface area contributed by atoms with Gasteiger partial charge in [0.1, 0.15) is 5.82 Å². The summed E-state index contributed by atoms with van der Waals surface area (Å²) in [7, 11) is 0. The summed E-state index contributed by atoms with van der Waals surface area (Å²) in [5.41, 5.74) is 1.92. The molecule has 1 aromatic heterocycles. The van der Waals surface area contributed by atoms with Crippen molar-refractivity contribution in [3.63, 3.8) is 0 Å². The van der Waals surface area contributed by atoms with Gasteiger partial charge in [0.25, 0.3) is 5.91 Å². The first-order valence-electron chi connectivity index (χ1n) is 7.40. The molecule has 5 heteroatoms. The van der Waals surface area contributed by atoms with Gasteiger partial charge in [-0.3, -0.25) is 4.79 Å². The average Bonchev–Trinajstić information content (AvgIpc) is 2.56. The number of hydrogen-bond donors (Lipinski definition) is 2. The first kappa shape index (κ1) is 16.0. The zero-order chi connectivity index (χ0) is 15.9. The summed E-state index contributed by atoms with van der Waals surface area (Å²) in [6.07, 6.45) is 1.58. The maximum atomic E-state index is 12.2. The minimum atomic E-state index is -0.214. The van der Waals surface area contributed by atoms with Crippen LogP contribution in [0, 0.1) is 0 Å². The number of aromatic nitrogens is 1. The monoisotopic (exact) mass is 299 g/mol. The Hall–Kier alpha value is -2.40. The molecule has 0 unspecified atom stereocenters. The number of aliphatic hydroxyl groups is 1. The fourth-order valence-electron chi connectivity index (χ4n) is 2.21. The van der Waals surface area contributed by atoms with E-state index in [4.69, 9.17) is 5.11 Å². The standard InChI is InChI=1S/C17H21N3O2/c1-3-20(4-2)16-9-8-14(11-18-16)17(22)19-15-7-5-6-13(10-15)12-21/h5-11,21H,3-4,12H2,1-2H3,(H,19,22). The lowest BCUT2D eigenvalue weighted by atomic mass is 10.2. The third kappa shape index (κ3) is 3.83. The number of carbonyl (C=O) groups excluding carboxylic acids is 1. The van der Waals surface area contributed by atoms with Crippen LogP contribution in [0.3, 0.4) is 0 Å². The first-order chi connectivity index (χ1) is 10.7. The van der Waals surface area contributed by atoms with Crippen LogP contribution >= 0.6 is 0 Å². The summed E-state index contributed by atoms with van der Waals surface area (Å²) >= 11 is 0. The molecule has 0 fully saturated rings. The topological polar surface area (TPSA) is 65.5 Å². The van der Waals surface area contributed by atoms with Gasteiger partial charge in [0.2, 0.25) is 0 Å². The van der Waals surface area contributed by atoms with Crippen LogP contribution in [-0.2, 0) is 6.61 Å². The molecule has 1 heterocycles. The largest absolute Gasteiger partial charge is 0.392 e. The Morgan fingerprint density at radius 2 is 2.00 bits per heavy atom. The number of hydrogen-bond acceptors (Lipinski definition) is 4. The molecule has 2 rings (SSSR count). The van der Waals surface area contributed by atoms with Gasteiger partial charge >= 0.3 is 0 Å². The summed E-state index contributed by atoms with van der Waals surface area (Å²) in [6, 6.07) is 10.8. The van der Waals surface area contributed by atoms with E-state index in [1.54, 1.807) is 36.5 Å². The number of anilines is 2. The van der Waals surface area contributed by atoms with E-state index in [9.17, 15) is 4.79 Å². The Bertz CT molecular complexity index is 622. The molecular weight excluding hydrogens is 278 g/mol. The maximum Gasteiger partial charge on any atom is 0.257 e. The summed E-state index contributed by atoms with van der Waals surface area (Å²) in [4.78, 5) is 18.7. The Morgan fingerprint density at radius 3 is 2.59 bits per heavy atom. The lowest BCUT2D eigenvalue weighted by molar-refractivity contribution is 0.102. The Morgan fingerprint density at radius 1 is 1.23 bits per heavy atom. The molecular formula is C17H21N3O2. The first-order valence-corrected chi connectivity index (χ1v) is 7.40. The third-order valence-electron chi connectivity index (χ3n) is 3.46. The normalized spacial score (nSPS) is 10.3. The van der Waals surface area contributed by atoms with Crippen LogP contribution in [0.2, 0.25) is 0 Å². The quantitative estimate of drug-likeness (QED) is 0.860. The van der Waals surface area contributed by atoms with Crippen LogP contribution < -0.4 is 10.2 Å². The number of amides is 1. The molecule has 0 aliphatic rings. The van der Waals surface area contributed by atoms with Crippen molar-refractivity contribution in [2.75, 3.05) is 23.3 Å². The lowest BCUT2D eigenvalue weighted by Gasteiger charge is -2.19. The molecule has 2 aromatic rings. The van der Waals surface area contributed by atoms with Crippen LogP contribution in [0.15, 0.2) is 42.6 Å². The van der Waals surface area contributed by atoms with Crippen molar-refractivity contribution in [3.05, 3.63) is 53.7 Å². The summed E-state index contributed by atoms with van der Waals surface area (Å²) in [5, 5.41) is 11.9. The zero-order valence-corrected chi connectivity index (χ0v) is 12.9. The van der Waals surface area contributed by atoms with E-state index in [-0.39, 0.29) is 12.5 Å². The number of aliphatic hydroxyl groups excluding tert-OH is 1. The second-order valence-electron chi connectivity index (χ2n) is 4.89. The molecule has 116 valence electrons. The minimum absolute atomic E-state index is 0.0518. The van der Waals surface area contributed by atoms with Crippen LogP contribution in [0.25, 0.3) is 0 Å². The molecule has 0 aliphatic heterocycles. The summed E-state index contributed by atoms with van der Waals surface area (Å²) in [6.45, 7) is 5.84. The van der Waals surface area contributed by atoms with Crippen LogP contribution in [-0.4, -0.2) is 29.1 Å². The zero-order valence-electron chi connectivity index (χ0n) is 12.9. The Balaban J connectivity index is 2.09. The van der Waals surface area contributed by atoms with Gasteiger partial charge in [-0.1, -0.05) is 12.1 Å². The van der Waals surface area contributed by atoms with Gasteiger partial charge in [-0.25, -0.2) is 4.98 Å². The molecule has 0 bridgehead atoms. The number of nitrogens with one attached hydrogen (secondary N) is 1. The van der Waals surface area contributed by atoms with Crippen LogP contribution in [0.5, 0.6) is 0 Å². The molecule has 0 spiro atoms.